The van der Waals surface area contributed by atoms with E-state index in [1.165, 1.54) is 0 Å². The first-order valence-corrected chi connectivity index (χ1v) is 8.41. The summed E-state index contributed by atoms with van der Waals surface area (Å²) in [5, 5.41) is 0. The Balaban J connectivity index is 2.77. The molecule has 1 aromatic rings. The highest BCUT2D eigenvalue weighted by Gasteiger charge is 2.24. The Morgan fingerprint density at radius 3 is 2.00 bits per heavy atom. The van der Waals surface area contributed by atoms with E-state index in [0.717, 1.165) is 5.56 Å². The molecule has 0 heterocycles. The molecule has 5 nitrogen and oxygen atoms in total. The predicted molar refractivity (Wildman–Crippen MR) is 77.0 cm³/mol. The molecule has 0 radical (unpaired) electrons. The standard InChI is InChI=1S/C14H21O5P/c1-4-17-14(15)13-9-7-12(8-10-13)11-20(16,18-5-2)19-6-3/h7-10H,4-6,11H2,1-3H3. The van der Waals surface area contributed by atoms with Crippen molar-refractivity contribution >= 4 is 13.6 Å². The molecule has 0 saturated carbocycles. The first-order valence-electron chi connectivity index (χ1n) is 6.68. The molecule has 1 rings (SSSR count). The van der Waals surface area contributed by atoms with Crippen LogP contribution in [0.25, 0.3) is 0 Å². The Labute approximate surface area is 119 Å². The third-order valence-electron chi connectivity index (χ3n) is 2.49. The summed E-state index contributed by atoms with van der Waals surface area (Å²) < 4.78 is 27.7. The first kappa shape index (κ1) is 16.9. The van der Waals surface area contributed by atoms with Crippen LogP contribution >= 0.6 is 7.60 Å². The van der Waals surface area contributed by atoms with Gasteiger partial charge < -0.3 is 13.8 Å². The van der Waals surface area contributed by atoms with Gasteiger partial charge in [-0.1, -0.05) is 12.1 Å². The van der Waals surface area contributed by atoms with Gasteiger partial charge in [0.25, 0.3) is 0 Å². The van der Waals surface area contributed by atoms with E-state index in [0.29, 0.717) is 25.4 Å². The van der Waals surface area contributed by atoms with Gasteiger partial charge in [0.15, 0.2) is 0 Å². The van der Waals surface area contributed by atoms with Crippen LogP contribution in [0.1, 0.15) is 36.7 Å². The number of rotatable bonds is 8. The maximum absolute atomic E-state index is 12.4. The van der Waals surface area contributed by atoms with E-state index in [-0.39, 0.29) is 12.1 Å². The molecule has 0 aliphatic carbocycles. The van der Waals surface area contributed by atoms with Gasteiger partial charge >= 0.3 is 13.6 Å². The van der Waals surface area contributed by atoms with Crippen LogP contribution < -0.4 is 0 Å². The molecule has 0 aliphatic rings. The van der Waals surface area contributed by atoms with E-state index in [1.807, 2.05) is 0 Å². The van der Waals surface area contributed by atoms with Gasteiger partial charge in [-0.15, -0.1) is 0 Å². The molecule has 0 saturated heterocycles. The summed E-state index contributed by atoms with van der Waals surface area (Å²) >= 11 is 0. The molecule has 6 heteroatoms. The second-order valence-corrected chi connectivity index (χ2v) is 6.08. The Morgan fingerprint density at radius 1 is 1.00 bits per heavy atom. The summed E-state index contributed by atoms with van der Waals surface area (Å²) in [5.74, 6) is -0.364. The highest BCUT2D eigenvalue weighted by Crippen LogP contribution is 2.51. The summed E-state index contributed by atoms with van der Waals surface area (Å²) in [5.41, 5.74) is 1.27. The number of ether oxygens (including phenoxy) is 1. The molecule has 0 atom stereocenters. The minimum atomic E-state index is -3.11. The third kappa shape index (κ3) is 5.08. The molecule has 0 spiro atoms. The monoisotopic (exact) mass is 300 g/mol. The van der Waals surface area contributed by atoms with E-state index in [4.69, 9.17) is 13.8 Å². The fourth-order valence-electron chi connectivity index (χ4n) is 1.71. The zero-order chi connectivity index (χ0) is 15.0. The summed E-state index contributed by atoms with van der Waals surface area (Å²) in [6, 6.07) is 6.76. The number of esters is 1. The van der Waals surface area contributed by atoms with Gasteiger partial charge in [-0.25, -0.2) is 4.79 Å². The van der Waals surface area contributed by atoms with Gasteiger partial charge in [0.2, 0.25) is 0 Å². The van der Waals surface area contributed by atoms with Gasteiger partial charge in [-0.05, 0) is 38.5 Å². The average molecular weight is 300 g/mol. The predicted octanol–water partition coefficient (Wildman–Crippen LogP) is 3.63. The van der Waals surface area contributed by atoms with Gasteiger partial charge in [0.1, 0.15) is 0 Å². The number of benzene rings is 1. The van der Waals surface area contributed by atoms with Crippen LogP contribution in [0.3, 0.4) is 0 Å². The van der Waals surface area contributed by atoms with Crippen LogP contribution in [0.15, 0.2) is 24.3 Å². The van der Waals surface area contributed by atoms with Crippen LogP contribution in [-0.4, -0.2) is 25.8 Å². The number of carbonyl (C=O) groups excluding carboxylic acids is 1. The maximum Gasteiger partial charge on any atom is 0.338 e. The van der Waals surface area contributed by atoms with E-state index in [1.54, 1.807) is 45.0 Å². The fourth-order valence-corrected chi connectivity index (χ4v) is 3.41. The fraction of sp³-hybridized carbons (Fsp3) is 0.500. The summed E-state index contributed by atoms with van der Waals surface area (Å²) in [4.78, 5) is 11.5. The molecule has 0 aliphatic heterocycles. The molecular formula is C14H21O5P. The van der Waals surface area contributed by atoms with Crippen LogP contribution in [0, 0.1) is 0 Å². The number of hydrogen-bond acceptors (Lipinski definition) is 5. The minimum Gasteiger partial charge on any atom is -0.462 e. The third-order valence-corrected chi connectivity index (χ3v) is 4.55. The second-order valence-electron chi connectivity index (χ2n) is 4.02. The van der Waals surface area contributed by atoms with Crippen molar-refractivity contribution in [3.8, 4) is 0 Å². The Morgan fingerprint density at radius 2 is 1.55 bits per heavy atom. The van der Waals surface area contributed by atoms with E-state index < -0.39 is 7.60 Å². The number of carbonyl (C=O) groups is 1. The van der Waals surface area contributed by atoms with E-state index >= 15 is 0 Å². The SMILES string of the molecule is CCOC(=O)c1ccc(CP(=O)(OCC)OCC)cc1. The molecule has 0 unspecified atom stereocenters. The molecule has 1 aromatic carbocycles. The highest BCUT2D eigenvalue weighted by molar-refractivity contribution is 7.53. The van der Waals surface area contributed by atoms with Crippen molar-refractivity contribution in [2.24, 2.45) is 0 Å². The van der Waals surface area contributed by atoms with E-state index in [9.17, 15) is 9.36 Å². The van der Waals surface area contributed by atoms with Crippen LogP contribution in [0.2, 0.25) is 0 Å². The quantitative estimate of drug-likeness (QED) is 0.542. The van der Waals surface area contributed by atoms with Gasteiger partial charge in [-0.3, -0.25) is 4.57 Å². The lowest BCUT2D eigenvalue weighted by Crippen LogP contribution is -2.04. The zero-order valence-electron chi connectivity index (χ0n) is 12.1. The van der Waals surface area contributed by atoms with Crippen LogP contribution in [-0.2, 0) is 24.5 Å². The van der Waals surface area contributed by atoms with Crippen molar-refractivity contribution in [2.75, 3.05) is 19.8 Å². The van der Waals surface area contributed by atoms with Crippen molar-refractivity contribution in [3.05, 3.63) is 35.4 Å². The van der Waals surface area contributed by atoms with Crippen molar-refractivity contribution in [1.82, 2.24) is 0 Å². The molecule has 20 heavy (non-hydrogen) atoms. The van der Waals surface area contributed by atoms with Crippen LogP contribution in [0.4, 0.5) is 0 Å². The zero-order valence-corrected chi connectivity index (χ0v) is 13.0. The molecule has 0 amide bonds. The topological polar surface area (TPSA) is 61.8 Å². The van der Waals surface area contributed by atoms with Gasteiger partial charge in [-0.2, -0.15) is 0 Å². The lowest BCUT2D eigenvalue weighted by Gasteiger charge is -2.17. The normalized spacial score (nSPS) is 11.3. The molecule has 0 bridgehead atoms. The summed E-state index contributed by atoms with van der Waals surface area (Å²) in [6.07, 6.45) is 0.192. The largest absolute Gasteiger partial charge is 0.462 e. The Hall–Kier alpha value is -1.16. The molecule has 112 valence electrons. The first-order chi connectivity index (χ1) is 9.54. The minimum absolute atomic E-state index is 0.192. The highest BCUT2D eigenvalue weighted by atomic mass is 31.2. The van der Waals surface area contributed by atoms with Crippen molar-refractivity contribution in [1.29, 1.82) is 0 Å². The molecule has 0 N–H and O–H groups in total. The smallest absolute Gasteiger partial charge is 0.338 e. The maximum atomic E-state index is 12.4. The Kier molecular flexibility index (Phi) is 6.93. The van der Waals surface area contributed by atoms with Crippen molar-refractivity contribution in [2.45, 2.75) is 26.9 Å². The van der Waals surface area contributed by atoms with E-state index in [2.05, 4.69) is 0 Å². The second kappa shape index (κ2) is 8.20. The van der Waals surface area contributed by atoms with Gasteiger partial charge in [0.05, 0.1) is 31.5 Å². The summed E-state index contributed by atoms with van der Waals surface area (Å²) in [6.45, 7) is 6.30. The average Bonchev–Trinajstić information content (AvgIpc) is 2.40. The Bertz CT molecular complexity index is 459. The van der Waals surface area contributed by atoms with Crippen molar-refractivity contribution in [3.63, 3.8) is 0 Å². The van der Waals surface area contributed by atoms with Gasteiger partial charge in [0, 0.05) is 0 Å². The summed E-state index contributed by atoms with van der Waals surface area (Å²) in [7, 11) is -3.11. The molecular weight excluding hydrogens is 279 g/mol. The number of hydrogen-bond donors (Lipinski definition) is 0. The lowest BCUT2D eigenvalue weighted by molar-refractivity contribution is 0.0526. The molecule has 0 aromatic heterocycles. The van der Waals surface area contributed by atoms with Crippen LogP contribution in [0.5, 0.6) is 0 Å². The lowest BCUT2D eigenvalue weighted by atomic mass is 10.1. The molecule has 0 fully saturated rings. The van der Waals surface area contributed by atoms with Crippen molar-refractivity contribution < 1.29 is 23.1 Å².